The van der Waals surface area contributed by atoms with E-state index in [1.165, 1.54) is 0 Å². The number of rotatable bonds is 8. The second-order valence-electron chi connectivity index (χ2n) is 7.26. The molecule has 1 heterocycles. The lowest BCUT2D eigenvalue weighted by Crippen LogP contribution is -2.52. The van der Waals surface area contributed by atoms with E-state index < -0.39 is 6.10 Å². The monoisotopic (exact) mass is 384 g/mol. The van der Waals surface area contributed by atoms with E-state index in [4.69, 9.17) is 4.74 Å². The van der Waals surface area contributed by atoms with Gasteiger partial charge in [0.1, 0.15) is 5.75 Å². The lowest BCUT2D eigenvalue weighted by molar-refractivity contribution is 0.0385. The molecule has 1 N–H and O–H groups in total. The van der Waals surface area contributed by atoms with Crippen molar-refractivity contribution in [2.45, 2.75) is 45.8 Å². The first-order valence-corrected chi connectivity index (χ1v) is 10.1. The quantitative estimate of drug-likeness (QED) is 0.713. The van der Waals surface area contributed by atoms with Gasteiger partial charge in [-0.2, -0.15) is 0 Å². The normalized spacial score (nSPS) is 16.9. The predicted molar refractivity (Wildman–Crippen MR) is 118 cm³/mol. The number of piperazine rings is 1. The van der Waals surface area contributed by atoms with E-state index in [2.05, 4.69) is 28.9 Å². The van der Waals surface area contributed by atoms with Gasteiger partial charge >= 0.3 is 0 Å². The zero-order valence-electron chi connectivity index (χ0n) is 16.6. The van der Waals surface area contributed by atoms with Crippen molar-refractivity contribution in [1.82, 2.24) is 4.90 Å². The van der Waals surface area contributed by atoms with Gasteiger partial charge in [0.2, 0.25) is 0 Å². The van der Waals surface area contributed by atoms with Crippen molar-refractivity contribution in [3.63, 3.8) is 0 Å². The molecule has 0 saturated carbocycles. The van der Waals surface area contributed by atoms with Crippen molar-refractivity contribution in [3.05, 3.63) is 60.2 Å². The molecule has 1 aliphatic heterocycles. The molecule has 3 rings (SSSR count). The number of aliphatic hydroxyl groups excluding tert-OH is 1. The number of hydrogen-bond donors (Lipinski definition) is 1. The van der Waals surface area contributed by atoms with E-state index in [1.807, 2.05) is 42.5 Å². The first kappa shape index (κ1) is 22.3. The zero-order chi connectivity index (χ0) is 19.1. The molecular weight excluding hydrogens is 348 g/mol. The Bertz CT molecular complexity index is 684. The van der Waals surface area contributed by atoms with E-state index in [0.717, 1.165) is 62.4 Å². The highest BCUT2D eigenvalue weighted by molar-refractivity contribution is 5.58. The highest BCUT2D eigenvalue weighted by Crippen LogP contribution is 2.30. The van der Waals surface area contributed by atoms with Crippen molar-refractivity contribution < 1.29 is 9.84 Å². The van der Waals surface area contributed by atoms with Gasteiger partial charge < -0.3 is 14.7 Å². The van der Waals surface area contributed by atoms with Gasteiger partial charge in [0.15, 0.2) is 0 Å². The third kappa shape index (κ3) is 5.27. The molecule has 0 amide bonds. The van der Waals surface area contributed by atoms with Crippen LogP contribution in [0.5, 0.6) is 5.75 Å². The average molecular weight is 385 g/mol. The number of methoxy groups -OCH3 is 1. The van der Waals surface area contributed by atoms with Gasteiger partial charge in [0.25, 0.3) is 0 Å². The molecule has 154 valence electrons. The van der Waals surface area contributed by atoms with Crippen LogP contribution in [0, 0.1) is 0 Å². The topological polar surface area (TPSA) is 35.9 Å². The first-order chi connectivity index (χ1) is 13.2. The highest BCUT2D eigenvalue weighted by atomic mass is 16.5. The fourth-order valence-corrected chi connectivity index (χ4v) is 4.01. The summed E-state index contributed by atoms with van der Waals surface area (Å²) >= 11 is 0. The minimum atomic E-state index is -0.435. The number of benzene rings is 2. The third-order valence-corrected chi connectivity index (χ3v) is 5.57. The smallest absolute Gasteiger partial charge is 0.142 e. The summed E-state index contributed by atoms with van der Waals surface area (Å²) in [5.41, 5.74) is 2.18. The number of unbranched alkanes of at least 4 members (excludes halogenated alkanes) is 1. The van der Waals surface area contributed by atoms with Crippen molar-refractivity contribution >= 4 is 5.69 Å². The molecule has 1 fully saturated rings. The molecule has 0 aliphatic carbocycles. The second-order valence-corrected chi connectivity index (χ2v) is 7.26. The van der Waals surface area contributed by atoms with E-state index in [1.54, 1.807) is 7.11 Å². The maximum absolute atomic E-state index is 11.0. The van der Waals surface area contributed by atoms with Crippen LogP contribution in [0.15, 0.2) is 54.6 Å². The Labute approximate surface area is 170 Å². The van der Waals surface area contributed by atoms with Gasteiger partial charge in [0, 0.05) is 32.2 Å². The molecule has 1 aliphatic rings. The van der Waals surface area contributed by atoms with E-state index in [0.29, 0.717) is 0 Å². The Morgan fingerprint density at radius 1 is 0.964 bits per heavy atom. The van der Waals surface area contributed by atoms with Gasteiger partial charge in [-0.1, -0.05) is 69.7 Å². The molecule has 2 atom stereocenters. The van der Waals surface area contributed by atoms with Crippen LogP contribution in [-0.2, 0) is 0 Å². The van der Waals surface area contributed by atoms with Gasteiger partial charge in [-0.15, -0.1) is 0 Å². The summed E-state index contributed by atoms with van der Waals surface area (Å²) in [6, 6.07) is 18.5. The number of ether oxygens (including phenoxy) is 1. The van der Waals surface area contributed by atoms with Gasteiger partial charge in [0.05, 0.1) is 18.9 Å². The summed E-state index contributed by atoms with van der Waals surface area (Å²) in [4.78, 5) is 4.86. The molecule has 2 unspecified atom stereocenters. The van der Waals surface area contributed by atoms with Crippen LogP contribution in [0.4, 0.5) is 5.69 Å². The molecule has 4 heteroatoms. The standard InChI is InChI=1S/C23H32N2O2.CH4/c1-3-4-12-21(23(26)19-10-6-5-7-11-19)25-17-15-24(16-18-25)20-13-8-9-14-22(20)27-2;/h5-11,13-14,21,23,26H,3-4,12,15-18H2,1-2H3;1H4. The minimum absolute atomic E-state index is 0. The number of aliphatic hydroxyl groups is 1. The molecular formula is C24H36N2O2. The van der Waals surface area contributed by atoms with E-state index in [9.17, 15) is 5.11 Å². The molecule has 4 nitrogen and oxygen atoms in total. The van der Waals surface area contributed by atoms with Crippen LogP contribution in [-0.4, -0.2) is 49.3 Å². The number of nitrogens with zero attached hydrogens (tertiary/aromatic N) is 2. The van der Waals surface area contributed by atoms with E-state index in [-0.39, 0.29) is 13.5 Å². The predicted octanol–water partition coefficient (Wildman–Crippen LogP) is 4.75. The fourth-order valence-electron chi connectivity index (χ4n) is 4.01. The number of anilines is 1. The van der Waals surface area contributed by atoms with Crippen LogP contribution >= 0.6 is 0 Å². The lowest BCUT2D eigenvalue weighted by atomic mass is 9.95. The molecule has 0 spiro atoms. The molecule has 1 saturated heterocycles. The molecule has 28 heavy (non-hydrogen) atoms. The lowest BCUT2D eigenvalue weighted by Gasteiger charge is -2.42. The van der Waals surface area contributed by atoms with Crippen molar-refractivity contribution in [2.75, 3.05) is 38.2 Å². The third-order valence-electron chi connectivity index (χ3n) is 5.57. The second kappa shape index (κ2) is 11.1. The number of hydrogen-bond acceptors (Lipinski definition) is 4. The van der Waals surface area contributed by atoms with Crippen LogP contribution in [0.2, 0.25) is 0 Å². The van der Waals surface area contributed by atoms with Crippen molar-refractivity contribution in [3.8, 4) is 5.75 Å². The Morgan fingerprint density at radius 3 is 2.25 bits per heavy atom. The van der Waals surface area contributed by atoms with E-state index >= 15 is 0 Å². The SMILES string of the molecule is C.CCCCC(C(O)c1ccccc1)N1CCN(c2ccccc2OC)CC1. The Balaban J connectivity index is 0.00000280. The summed E-state index contributed by atoms with van der Waals surface area (Å²) in [6.07, 6.45) is 2.89. The highest BCUT2D eigenvalue weighted by Gasteiger charge is 2.30. The maximum atomic E-state index is 11.0. The van der Waals surface area contributed by atoms with Crippen LogP contribution < -0.4 is 9.64 Å². The summed E-state index contributed by atoms with van der Waals surface area (Å²) < 4.78 is 5.53. The van der Waals surface area contributed by atoms with Gasteiger partial charge in [-0.3, -0.25) is 4.90 Å². The summed E-state index contributed by atoms with van der Waals surface area (Å²) in [7, 11) is 1.73. The van der Waals surface area contributed by atoms with Crippen molar-refractivity contribution in [1.29, 1.82) is 0 Å². The van der Waals surface area contributed by atoms with Crippen LogP contribution in [0.1, 0.15) is 45.3 Å². The zero-order valence-corrected chi connectivity index (χ0v) is 16.6. The van der Waals surface area contributed by atoms with Gasteiger partial charge in [-0.05, 0) is 24.1 Å². The summed E-state index contributed by atoms with van der Waals surface area (Å²) in [5, 5.41) is 11.0. The molecule has 0 radical (unpaired) electrons. The molecule has 0 bridgehead atoms. The summed E-state index contributed by atoms with van der Waals surface area (Å²) in [6.45, 7) is 6.02. The summed E-state index contributed by atoms with van der Waals surface area (Å²) in [5.74, 6) is 0.929. The van der Waals surface area contributed by atoms with Crippen molar-refractivity contribution in [2.24, 2.45) is 0 Å². The average Bonchev–Trinajstić information content (AvgIpc) is 2.75. The first-order valence-electron chi connectivity index (χ1n) is 10.1. The van der Waals surface area contributed by atoms with Crippen LogP contribution in [0.3, 0.4) is 0 Å². The largest absolute Gasteiger partial charge is 0.495 e. The molecule has 2 aromatic rings. The maximum Gasteiger partial charge on any atom is 0.142 e. The molecule has 0 aromatic heterocycles. The minimum Gasteiger partial charge on any atom is -0.495 e. The fraction of sp³-hybridized carbons (Fsp3) is 0.500. The van der Waals surface area contributed by atoms with Gasteiger partial charge in [-0.25, -0.2) is 0 Å². The Kier molecular flexibility index (Phi) is 8.81. The Morgan fingerprint density at radius 2 is 1.61 bits per heavy atom. The van der Waals surface area contributed by atoms with Crippen LogP contribution in [0.25, 0.3) is 0 Å². The molecule has 2 aromatic carbocycles. The Hall–Kier alpha value is -2.04. The number of para-hydroxylation sites is 2.